The maximum absolute atomic E-state index is 12.9. The average molecular weight is 299 g/mol. The molecular weight excluding hydrogens is 278 g/mol. The highest BCUT2D eigenvalue weighted by Gasteiger charge is 2.26. The van der Waals surface area contributed by atoms with E-state index in [0.717, 1.165) is 11.3 Å². The molecule has 1 aromatic carbocycles. The van der Waals surface area contributed by atoms with Gasteiger partial charge in [0.2, 0.25) is 11.8 Å². The van der Waals surface area contributed by atoms with Crippen LogP contribution in [0.15, 0.2) is 48.7 Å². The van der Waals surface area contributed by atoms with Crippen LogP contribution in [-0.4, -0.2) is 44.0 Å². The first kappa shape index (κ1) is 16.0. The Morgan fingerprint density at radius 2 is 1.77 bits per heavy atom. The molecule has 0 unspecified atom stereocenters. The van der Waals surface area contributed by atoms with Gasteiger partial charge in [-0.15, -0.1) is 0 Å². The lowest BCUT2D eigenvalue weighted by atomic mass is 10.0. The molecule has 2 aromatic rings. The normalized spacial score (nSPS) is 12.0. The lowest BCUT2D eigenvalue weighted by molar-refractivity contribution is -0.122. The molecule has 0 fully saturated rings. The van der Waals surface area contributed by atoms with Gasteiger partial charge in [-0.1, -0.05) is 30.3 Å². The maximum atomic E-state index is 12.9. The Balaban J connectivity index is 2.26. The first-order valence-electron chi connectivity index (χ1n) is 7.03. The summed E-state index contributed by atoms with van der Waals surface area (Å²) >= 11 is 0. The number of hydrogen-bond acceptors (Lipinski definition) is 4. The molecule has 0 aliphatic carbocycles. The number of methoxy groups -OCH3 is 1. The van der Waals surface area contributed by atoms with Crippen molar-refractivity contribution in [3.05, 3.63) is 54.2 Å². The van der Waals surface area contributed by atoms with Gasteiger partial charge in [0, 0.05) is 13.1 Å². The van der Waals surface area contributed by atoms with E-state index in [0.29, 0.717) is 5.88 Å². The van der Waals surface area contributed by atoms with Gasteiger partial charge < -0.3 is 9.64 Å². The molecule has 2 rings (SSSR count). The van der Waals surface area contributed by atoms with E-state index in [2.05, 4.69) is 4.98 Å². The fourth-order valence-electron chi connectivity index (χ4n) is 2.30. The number of nitrogens with zero attached hydrogens (tertiary/aromatic N) is 3. The first-order chi connectivity index (χ1) is 10.5. The van der Waals surface area contributed by atoms with Gasteiger partial charge in [0.05, 0.1) is 19.0 Å². The Morgan fingerprint density at radius 1 is 1.09 bits per heavy atom. The third kappa shape index (κ3) is 3.43. The molecule has 0 radical (unpaired) electrons. The van der Waals surface area contributed by atoms with Gasteiger partial charge in [0.25, 0.3) is 0 Å². The summed E-state index contributed by atoms with van der Waals surface area (Å²) in [7, 11) is 7.12. The van der Waals surface area contributed by atoms with Gasteiger partial charge in [-0.3, -0.25) is 9.69 Å². The van der Waals surface area contributed by atoms with E-state index in [1.165, 1.54) is 0 Å². The summed E-state index contributed by atoms with van der Waals surface area (Å²) in [5.41, 5.74) is 1.69. The Kier molecular flexibility index (Phi) is 5.12. The second-order valence-electron chi connectivity index (χ2n) is 5.23. The first-order valence-corrected chi connectivity index (χ1v) is 7.03. The summed E-state index contributed by atoms with van der Waals surface area (Å²) in [4.78, 5) is 20.5. The van der Waals surface area contributed by atoms with E-state index in [1.807, 2.05) is 55.4 Å². The van der Waals surface area contributed by atoms with Crippen molar-refractivity contribution in [3.8, 4) is 5.88 Å². The van der Waals surface area contributed by atoms with Gasteiger partial charge in [-0.2, -0.15) is 0 Å². The minimum absolute atomic E-state index is 0.0110. The Hall–Kier alpha value is -2.40. The van der Waals surface area contributed by atoms with Crippen molar-refractivity contribution in [3.63, 3.8) is 0 Å². The molecule has 116 valence electrons. The smallest absolute Gasteiger partial charge is 0.248 e. The molecule has 1 heterocycles. The van der Waals surface area contributed by atoms with E-state index in [1.54, 1.807) is 31.3 Å². The quantitative estimate of drug-likeness (QED) is 0.850. The summed E-state index contributed by atoms with van der Waals surface area (Å²) in [5.74, 6) is 0.514. The zero-order valence-electron chi connectivity index (χ0n) is 13.4. The number of hydrogen-bond donors (Lipinski definition) is 0. The summed E-state index contributed by atoms with van der Waals surface area (Å²) in [6.07, 6.45) is 1.63. The zero-order valence-corrected chi connectivity index (χ0v) is 13.4. The summed E-state index contributed by atoms with van der Waals surface area (Å²) < 4.78 is 5.04. The predicted octanol–water partition coefficient (Wildman–Crippen LogP) is 2.36. The van der Waals surface area contributed by atoms with Crippen LogP contribution in [-0.2, 0) is 4.79 Å². The third-order valence-electron chi connectivity index (χ3n) is 3.51. The van der Waals surface area contributed by atoms with Crippen molar-refractivity contribution in [2.75, 3.05) is 33.2 Å². The van der Waals surface area contributed by atoms with Crippen LogP contribution in [0.25, 0.3) is 0 Å². The molecular formula is C17H21N3O2. The molecule has 0 saturated heterocycles. The lowest BCUT2D eigenvalue weighted by Gasteiger charge is -2.28. The van der Waals surface area contributed by atoms with Crippen LogP contribution in [0.3, 0.4) is 0 Å². The van der Waals surface area contributed by atoms with Crippen LogP contribution in [0.5, 0.6) is 5.88 Å². The van der Waals surface area contributed by atoms with Crippen molar-refractivity contribution in [2.24, 2.45) is 0 Å². The van der Waals surface area contributed by atoms with Crippen molar-refractivity contribution < 1.29 is 9.53 Å². The molecule has 0 N–H and O–H groups in total. The summed E-state index contributed by atoms with van der Waals surface area (Å²) in [6, 6.07) is 13.0. The summed E-state index contributed by atoms with van der Waals surface area (Å²) in [6.45, 7) is 0. The molecule has 1 aromatic heterocycles. The minimum Gasteiger partial charge on any atom is -0.481 e. The molecule has 1 atom stereocenters. The van der Waals surface area contributed by atoms with Crippen molar-refractivity contribution in [2.45, 2.75) is 6.04 Å². The van der Waals surface area contributed by atoms with Crippen LogP contribution in [0.4, 0.5) is 5.69 Å². The van der Waals surface area contributed by atoms with E-state index in [-0.39, 0.29) is 11.9 Å². The molecule has 0 aliphatic heterocycles. The van der Waals surface area contributed by atoms with E-state index >= 15 is 0 Å². The summed E-state index contributed by atoms with van der Waals surface area (Å²) in [5, 5.41) is 0. The number of amides is 1. The SMILES string of the molecule is COc1ccc(N(C)C(=O)[C@@H](c2ccccc2)N(C)C)cn1. The number of pyridine rings is 1. The Bertz CT molecular complexity index is 612. The van der Waals surface area contributed by atoms with Crippen molar-refractivity contribution in [1.82, 2.24) is 9.88 Å². The van der Waals surface area contributed by atoms with Crippen LogP contribution < -0.4 is 9.64 Å². The molecule has 0 saturated carbocycles. The predicted molar refractivity (Wildman–Crippen MR) is 87.1 cm³/mol. The molecule has 1 amide bonds. The van der Waals surface area contributed by atoms with Gasteiger partial charge in [-0.25, -0.2) is 4.98 Å². The molecule has 0 spiro atoms. The highest BCUT2D eigenvalue weighted by molar-refractivity contribution is 5.97. The Morgan fingerprint density at radius 3 is 2.27 bits per heavy atom. The number of likely N-dealkylation sites (N-methyl/N-ethyl adjacent to an activating group) is 2. The number of anilines is 1. The maximum Gasteiger partial charge on any atom is 0.248 e. The highest BCUT2D eigenvalue weighted by Crippen LogP contribution is 2.24. The number of rotatable bonds is 5. The zero-order chi connectivity index (χ0) is 16.1. The van der Waals surface area contributed by atoms with Crippen molar-refractivity contribution >= 4 is 11.6 Å². The fraction of sp³-hybridized carbons (Fsp3) is 0.294. The van der Waals surface area contributed by atoms with Crippen LogP contribution in [0.2, 0.25) is 0 Å². The number of carbonyl (C=O) groups excluding carboxylic acids is 1. The number of benzene rings is 1. The topological polar surface area (TPSA) is 45.7 Å². The standard InChI is InChI=1S/C17H21N3O2/c1-19(2)16(13-8-6-5-7-9-13)17(21)20(3)14-10-11-15(22-4)18-12-14/h5-12,16H,1-4H3/t16-/m1/s1. The molecule has 5 nitrogen and oxygen atoms in total. The minimum atomic E-state index is -0.340. The number of carbonyl (C=O) groups is 1. The van der Waals surface area contributed by atoms with E-state index in [4.69, 9.17) is 4.74 Å². The van der Waals surface area contributed by atoms with E-state index in [9.17, 15) is 4.79 Å². The van der Waals surface area contributed by atoms with Crippen molar-refractivity contribution in [1.29, 1.82) is 0 Å². The van der Waals surface area contributed by atoms with Crippen LogP contribution in [0, 0.1) is 0 Å². The van der Waals surface area contributed by atoms with Gasteiger partial charge in [0.1, 0.15) is 6.04 Å². The second-order valence-corrected chi connectivity index (χ2v) is 5.23. The van der Waals surface area contributed by atoms with E-state index < -0.39 is 0 Å². The molecule has 0 aliphatic rings. The fourth-order valence-corrected chi connectivity index (χ4v) is 2.30. The third-order valence-corrected chi connectivity index (χ3v) is 3.51. The van der Waals surface area contributed by atoms with Gasteiger partial charge >= 0.3 is 0 Å². The average Bonchev–Trinajstić information content (AvgIpc) is 2.55. The largest absolute Gasteiger partial charge is 0.481 e. The monoisotopic (exact) mass is 299 g/mol. The van der Waals surface area contributed by atoms with Crippen LogP contribution >= 0.6 is 0 Å². The lowest BCUT2D eigenvalue weighted by Crippen LogP contribution is -2.38. The number of ether oxygens (including phenoxy) is 1. The molecule has 0 bridgehead atoms. The van der Waals surface area contributed by atoms with Gasteiger partial charge in [0.15, 0.2) is 0 Å². The van der Waals surface area contributed by atoms with Crippen LogP contribution in [0.1, 0.15) is 11.6 Å². The molecule has 5 heteroatoms. The second kappa shape index (κ2) is 7.04. The molecule has 22 heavy (non-hydrogen) atoms. The highest BCUT2D eigenvalue weighted by atomic mass is 16.5. The van der Waals surface area contributed by atoms with Gasteiger partial charge in [-0.05, 0) is 25.7 Å². The number of aromatic nitrogens is 1. The Labute approximate surface area is 131 Å².